The molecule has 9 heteroatoms. The molecule has 0 bridgehead atoms. The Morgan fingerprint density at radius 1 is 0.872 bits per heavy atom. The minimum Gasteiger partial charge on any atom is -0.469 e. The molecule has 1 saturated heterocycles. The fourth-order valence-corrected chi connectivity index (χ4v) is 6.49. The largest absolute Gasteiger partial charge is 0.469 e. The van der Waals surface area contributed by atoms with E-state index < -0.39 is 0 Å². The second-order valence-electron chi connectivity index (χ2n) is 10.9. The number of esters is 1. The third-order valence-electron chi connectivity index (χ3n) is 8.25. The minimum atomic E-state index is -0.0142. The molecule has 39 heavy (non-hydrogen) atoms. The van der Waals surface area contributed by atoms with Gasteiger partial charge < -0.3 is 9.64 Å². The summed E-state index contributed by atoms with van der Waals surface area (Å²) in [4.78, 5) is 25.2. The lowest BCUT2D eigenvalue weighted by Gasteiger charge is -2.35. The lowest BCUT2D eigenvalue weighted by Crippen LogP contribution is -2.48. The van der Waals surface area contributed by atoms with E-state index in [1.807, 2.05) is 12.4 Å². The van der Waals surface area contributed by atoms with E-state index in [2.05, 4.69) is 59.0 Å². The van der Waals surface area contributed by atoms with Gasteiger partial charge in [0.1, 0.15) is 10.5 Å². The Kier molecular flexibility index (Phi) is 9.88. The van der Waals surface area contributed by atoms with E-state index in [4.69, 9.17) is 0 Å². The SMILES string of the molecule is COC(=O)C1CCCCC1.c1nnc(-c2ccc(-c3cnc(N4CCN(CC5CCCC5)CC4)nc3)cc2)s1. The maximum absolute atomic E-state index is 10.9. The molecule has 0 atom stereocenters. The van der Waals surface area contributed by atoms with Crippen molar-refractivity contribution in [1.82, 2.24) is 25.1 Å². The van der Waals surface area contributed by atoms with Crippen molar-refractivity contribution in [1.29, 1.82) is 0 Å². The van der Waals surface area contributed by atoms with Crippen LogP contribution in [0.1, 0.15) is 57.8 Å². The molecule has 3 heterocycles. The Bertz CT molecular complexity index is 1140. The van der Waals surface area contributed by atoms with Crippen molar-refractivity contribution in [3.63, 3.8) is 0 Å². The van der Waals surface area contributed by atoms with Crippen LogP contribution < -0.4 is 4.90 Å². The minimum absolute atomic E-state index is 0.0142. The van der Waals surface area contributed by atoms with Crippen molar-refractivity contribution in [3.8, 4) is 21.7 Å². The van der Waals surface area contributed by atoms with Crippen LogP contribution in [0.4, 0.5) is 5.95 Å². The molecule has 6 rings (SSSR count). The fourth-order valence-electron chi connectivity index (χ4n) is 5.93. The van der Waals surface area contributed by atoms with Gasteiger partial charge in [-0.1, -0.05) is 67.7 Å². The highest BCUT2D eigenvalue weighted by atomic mass is 32.1. The van der Waals surface area contributed by atoms with Gasteiger partial charge in [0.15, 0.2) is 0 Å². The second kappa shape index (κ2) is 13.9. The van der Waals surface area contributed by atoms with Gasteiger partial charge in [0.05, 0.1) is 13.0 Å². The smallest absolute Gasteiger partial charge is 0.308 e. The van der Waals surface area contributed by atoms with Crippen molar-refractivity contribution < 1.29 is 9.53 Å². The maximum atomic E-state index is 10.9. The number of methoxy groups -OCH3 is 1. The molecule has 0 unspecified atom stereocenters. The summed E-state index contributed by atoms with van der Waals surface area (Å²) in [6.07, 6.45) is 15.3. The zero-order valence-electron chi connectivity index (χ0n) is 23.0. The lowest BCUT2D eigenvalue weighted by molar-refractivity contribution is -0.146. The highest BCUT2D eigenvalue weighted by molar-refractivity contribution is 7.12. The number of hydrogen-bond acceptors (Lipinski definition) is 9. The van der Waals surface area contributed by atoms with Gasteiger partial charge in [-0.15, -0.1) is 10.2 Å². The Morgan fingerprint density at radius 3 is 2.13 bits per heavy atom. The number of rotatable bonds is 6. The van der Waals surface area contributed by atoms with Gasteiger partial charge >= 0.3 is 5.97 Å². The van der Waals surface area contributed by atoms with E-state index >= 15 is 0 Å². The summed E-state index contributed by atoms with van der Waals surface area (Å²) in [5, 5.41) is 8.96. The lowest BCUT2D eigenvalue weighted by atomic mass is 9.89. The summed E-state index contributed by atoms with van der Waals surface area (Å²) in [5.41, 5.74) is 5.00. The van der Waals surface area contributed by atoms with Crippen LogP contribution in [0.25, 0.3) is 21.7 Å². The van der Waals surface area contributed by atoms with E-state index in [0.29, 0.717) is 0 Å². The van der Waals surface area contributed by atoms with Gasteiger partial charge in [-0.25, -0.2) is 9.97 Å². The molecule has 8 nitrogen and oxygen atoms in total. The van der Waals surface area contributed by atoms with Crippen molar-refractivity contribution in [2.45, 2.75) is 57.8 Å². The first-order valence-electron chi connectivity index (χ1n) is 14.4. The maximum Gasteiger partial charge on any atom is 0.308 e. The standard InChI is InChI=1S/C22H26N6S.C8H14O2/c1-2-4-17(3-1)15-27-9-11-28(12-10-27)22-23-13-20(14-24-22)18-5-7-19(8-6-18)21-26-25-16-29-21;1-10-8(9)7-5-3-2-4-6-7/h5-8,13-14,16-17H,1-4,9-12,15H2;7H,2-6H2,1H3. The summed E-state index contributed by atoms with van der Waals surface area (Å²) in [6.45, 7) is 5.55. The first-order chi connectivity index (χ1) is 19.2. The molecule has 2 saturated carbocycles. The average molecular weight is 549 g/mol. The molecule has 3 aliphatic rings. The van der Waals surface area contributed by atoms with E-state index in [1.165, 1.54) is 58.6 Å². The first-order valence-corrected chi connectivity index (χ1v) is 15.3. The normalized spacial score (nSPS) is 18.9. The number of benzene rings is 1. The summed E-state index contributed by atoms with van der Waals surface area (Å²) >= 11 is 1.55. The molecular formula is C30H40N6O2S. The molecule has 3 aromatic rings. The van der Waals surface area contributed by atoms with Gasteiger partial charge in [0.2, 0.25) is 5.95 Å². The van der Waals surface area contributed by atoms with Crippen LogP contribution in [0.3, 0.4) is 0 Å². The summed E-state index contributed by atoms with van der Waals surface area (Å²) < 4.78 is 4.65. The molecule has 0 radical (unpaired) electrons. The van der Waals surface area contributed by atoms with Crippen molar-refractivity contribution in [2.24, 2.45) is 11.8 Å². The number of piperazine rings is 1. The number of nitrogens with zero attached hydrogens (tertiary/aromatic N) is 6. The van der Waals surface area contributed by atoms with Gasteiger partial charge in [-0.2, -0.15) is 0 Å². The average Bonchev–Trinajstić information content (AvgIpc) is 3.74. The summed E-state index contributed by atoms with van der Waals surface area (Å²) in [6, 6.07) is 8.34. The van der Waals surface area contributed by atoms with Crippen molar-refractivity contribution in [3.05, 3.63) is 42.2 Å². The molecule has 0 spiro atoms. The topological polar surface area (TPSA) is 84.3 Å². The number of ether oxygens (including phenoxy) is 1. The van der Waals surface area contributed by atoms with E-state index in [-0.39, 0.29) is 11.9 Å². The summed E-state index contributed by atoms with van der Waals surface area (Å²) in [5.74, 6) is 1.97. The zero-order chi connectivity index (χ0) is 26.9. The van der Waals surface area contributed by atoms with Crippen LogP contribution >= 0.6 is 11.3 Å². The Hall–Kier alpha value is -2.91. The Balaban J connectivity index is 0.000000261. The fraction of sp³-hybridized carbons (Fsp3) is 0.567. The third-order valence-corrected chi connectivity index (χ3v) is 8.99. The highest BCUT2D eigenvalue weighted by Crippen LogP contribution is 2.27. The highest BCUT2D eigenvalue weighted by Gasteiger charge is 2.23. The molecule has 2 aliphatic carbocycles. The molecule has 208 valence electrons. The predicted molar refractivity (Wildman–Crippen MR) is 156 cm³/mol. The monoisotopic (exact) mass is 548 g/mol. The molecular weight excluding hydrogens is 508 g/mol. The van der Waals surface area contributed by atoms with Gasteiger partial charge in [0.25, 0.3) is 0 Å². The van der Waals surface area contributed by atoms with Gasteiger partial charge in [-0.3, -0.25) is 9.69 Å². The number of carbonyl (C=O) groups is 1. The predicted octanol–water partition coefficient (Wildman–Crippen LogP) is 5.71. The number of carbonyl (C=O) groups excluding carboxylic acids is 1. The quantitative estimate of drug-likeness (QED) is 0.362. The Labute approximate surface area is 235 Å². The van der Waals surface area contributed by atoms with E-state index in [0.717, 1.165) is 72.6 Å². The number of anilines is 1. The molecule has 0 N–H and O–H groups in total. The molecule has 1 aromatic carbocycles. The van der Waals surface area contributed by atoms with Gasteiger partial charge in [0, 0.05) is 56.2 Å². The van der Waals surface area contributed by atoms with Crippen LogP contribution in [0, 0.1) is 11.8 Å². The summed E-state index contributed by atoms with van der Waals surface area (Å²) in [7, 11) is 1.47. The van der Waals surface area contributed by atoms with Crippen LogP contribution in [0.5, 0.6) is 0 Å². The van der Waals surface area contributed by atoms with Gasteiger partial charge in [-0.05, 0) is 37.2 Å². The molecule has 0 amide bonds. The van der Waals surface area contributed by atoms with Crippen molar-refractivity contribution in [2.75, 3.05) is 44.7 Å². The Morgan fingerprint density at radius 2 is 1.51 bits per heavy atom. The number of hydrogen-bond donors (Lipinski definition) is 0. The van der Waals surface area contributed by atoms with Crippen molar-refractivity contribution >= 4 is 23.3 Å². The van der Waals surface area contributed by atoms with Crippen LogP contribution in [0.15, 0.2) is 42.2 Å². The second-order valence-corrected chi connectivity index (χ2v) is 11.7. The van der Waals surface area contributed by atoms with E-state index in [9.17, 15) is 4.79 Å². The third kappa shape index (κ3) is 7.60. The van der Waals surface area contributed by atoms with Crippen LogP contribution in [0.2, 0.25) is 0 Å². The molecule has 1 aliphatic heterocycles. The van der Waals surface area contributed by atoms with Crippen LogP contribution in [-0.2, 0) is 9.53 Å². The zero-order valence-corrected chi connectivity index (χ0v) is 23.8. The molecule has 3 fully saturated rings. The number of aromatic nitrogens is 4. The van der Waals surface area contributed by atoms with Crippen LogP contribution in [-0.4, -0.2) is 70.9 Å². The van der Waals surface area contributed by atoms with E-state index in [1.54, 1.807) is 16.8 Å². The molecule has 2 aromatic heterocycles. The first kappa shape index (κ1) is 27.6.